The standard InChI is InChI=1S/C18H25FN4OS/c1-18(2,3)16(24)20-6-7-22-8-10-23(11-9-22)17-21-14-5-4-13(19)12-15(14)25-17/h4-5,12H,6-11H2,1-3H3,(H,20,24). The van der Waals surface area contributed by atoms with E-state index in [9.17, 15) is 9.18 Å². The van der Waals surface area contributed by atoms with Crippen molar-refractivity contribution in [3.05, 3.63) is 24.0 Å². The summed E-state index contributed by atoms with van der Waals surface area (Å²) in [6.07, 6.45) is 0. The first kappa shape index (κ1) is 18.1. The van der Waals surface area contributed by atoms with Gasteiger partial charge in [0.05, 0.1) is 10.2 Å². The van der Waals surface area contributed by atoms with Gasteiger partial charge in [0.2, 0.25) is 5.91 Å². The molecule has 0 bridgehead atoms. The fourth-order valence-corrected chi connectivity index (χ4v) is 3.82. The fourth-order valence-electron chi connectivity index (χ4n) is 2.78. The van der Waals surface area contributed by atoms with Crippen LogP contribution in [0.25, 0.3) is 10.2 Å². The molecule has 1 aliphatic heterocycles. The highest BCUT2D eigenvalue weighted by molar-refractivity contribution is 7.22. The number of benzene rings is 1. The van der Waals surface area contributed by atoms with Crippen LogP contribution in [0.1, 0.15) is 20.8 Å². The summed E-state index contributed by atoms with van der Waals surface area (Å²) in [4.78, 5) is 21.1. The number of carbonyl (C=O) groups is 1. The van der Waals surface area contributed by atoms with E-state index in [1.807, 2.05) is 20.8 Å². The van der Waals surface area contributed by atoms with Crippen LogP contribution < -0.4 is 10.2 Å². The molecule has 1 aliphatic rings. The van der Waals surface area contributed by atoms with Crippen molar-refractivity contribution in [2.45, 2.75) is 20.8 Å². The number of fused-ring (bicyclic) bond motifs is 1. The molecule has 0 aliphatic carbocycles. The van der Waals surface area contributed by atoms with Crippen LogP contribution in [0.2, 0.25) is 0 Å². The van der Waals surface area contributed by atoms with Gasteiger partial charge in [-0.2, -0.15) is 0 Å². The third-order valence-electron chi connectivity index (χ3n) is 4.38. The maximum absolute atomic E-state index is 13.3. The van der Waals surface area contributed by atoms with Crippen LogP contribution >= 0.6 is 11.3 Å². The van der Waals surface area contributed by atoms with Gasteiger partial charge in [-0.15, -0.1) is 0 Å². The zero-order valence-electron chi connectivity index (χ0n) is 15.0. The van der Waals surface area contributed by atoms with Crippen LogP contribution in [0.4, 0.5) is 9.52 Å². The first-order valence-corrected chi connectivity index (χ1v) is 9.46. The highest BCUT2D eigenvalue weighted by Gasteiger charge is 2.22. The van der Waals surface area contributed by atoms with E-state index in [2.05, 4.69) is 20.1 Å². The lowest BCUT2D eigenvalue weighted by Gasteiger charge is -2.34. The molecule has 0 radical (unpaired) electrons. The van der Waals surface area contributed by atoms with Crippen molar-refractivity contribution in [1.82, 2.24) is 15.2 Å². The number of carbonyl (C=O) groups excluding carboxylic acids is 1. The van der Waals surface area contributed by atoms with E-state index in [0.717, 1.165) is 48.1 Å². The van der Waals surface area contributed by atoms with Gasteiger partial charge in [-0.05, 0) is 18.2 Å². The number of halogens is 1. The molecule has 2 heterocycles. The Morgan fingerprint density at radius 2 is 2.00 bits per heavy atom. The Bertz CT molecular complexity index is 747. The lowest BCUT2D eigenvalue weighted by Crippen LogP contribution is -2.49. The summed E-state index contributed by atoms with van der Waals surface area (Å²) in [5, 5.41) is 3.96. The molecule has 0 spiro atoms. The van der Waals surface area contributed by atoms with Crippen LogP contribution in [0.15, 0.2) is 18.2 Å². The average molecular weight is 364 g/mol. The zero-order chi connectivity index (χ0) is 18.0. The maximum atomic E-state index is 13.3. The number of rotatable bonds is 4. The second kappa shape index (κ2) is 7.25. The van der Waals surface area contributed by atoms with Crippen molar-refractivity contribution >= 4 is 32.6 Å². The van der Waals surface area contributed by atoms with Crippen LogP contribution in [0.3, 0.4) is 0 Å². The minimum Gasteiger partial charge on any atom is -0.354 e. The second-order valence-electron chi connectivity index (χ2n) is 7.44. The van der Waals surface area contributed by atoms with E-state index in [1.165, 1.54) is 6.07 Å². The van der Waals surface area contributed by atoms with Gasteiger partial charge < -0.3 is 10.2 Å². The molecule has 0 atom stereocenters. The number of nitrogens with zero attached hydrogens (tertiary/aromatic N) is 3. The van der Waals surface area contributed by atoms with Crippen molar-refractivity contribution in [1.29, 1.82) is 0 Å². The molecule has 1 N–H and O–H groups in total. The molecule has 7 heteroatoms. The monoisotopic (exact) mass is 364 g/mol. The predicted molar refractivity (Wildman–Crippen MR) is 101 cm³/mol. The van der Waals surface area contributed by atoms with Gasteiger partial charge in [0.15, 0.2) is 5.13 Å². The Labute approximate surface area is 151 Å². The third kappa shape index (κ3) is 4.46. The Morgan fingerprint density at radius 1 is 1.28 bits per heavy atom. The number of hydrogen-bond acceptors (Lipinski definition) is 5. The third-order valence-corrected chi connectivity index (χ3v) is 5.46. The largest absolute Gasteiger partial charge is 0.354 e. The Balaban J connectivity index is 1.49. The molecule has 1 fully saturated rings. The van der Waals surface area contributed by atoms with E-state index in [4.69, 9.17) is 0 Å². The quantitative estimate of drug-likeness (QED) is 0.906. The van der Waals surface area contributed by atoms with Gasteiger partial charge >= 0.3 is 0 Å². The number of aromatic nitrogens is 1. The van der Waals surface area contributed by atoms with Crippen molar-refractivity contribution in [2.24, 2.45) is 5.41 Å². The summed E-state index contributed by atoms with van der Waals surface area (Å²) in [5.41, 5.74) is 0.513. The molecule has 136 valence electrons. The van der Waals surface area contributed by atoms with Crippen LogP contribution in [-0.2, 0) is 4.79 Å². The van der Waals surface area contributed by atoms with Gasteiger partial charge in [-0.1, -0.05) is 32.1 Å². The zero-order valence-corrected chi connectivity index (χ0v) is 15.8. The van der Waals surface area contributed by atoms with Crippen LogP contribution in [0.5, 0.6) is 0 Å². The van der Waals surface area contributed by atoms with E-state index < -0.39 is 0 Å². The molecule has 1 saturated heterocycles. The Kier molecular flexibility index (Phi) is 5.24. The van der Waals surface area contributed by atoms with Gasteiger partial charge in [0.25, 0.3) is 0 Å². The minimum absolute atomic E-state index is 0.0906. The maximum Gasteiger partial charge on any atom is 0.225 e. The molecule has 3 rings (SSSR count). The van der Waals surface area contributed by atoms with Crippen LogP contribution in [0, 0.1) is 11.2 Å². The molecule has 2 aromatic rings. The molecular weight excluding hydrogens is 339 g/mol. The lowest BCUT2D eigenvalue weighted by molar-refractivity contribution is -0.128. The normalized spacial score (nSPS) is 16.4. The molecule has 25 heavy (non-hydrogen) atoms. The van der Waals surface area contributed by atoms with Crippen molar-refractivity contribution in [3.8, 4) is 0 Å². The number of anilines is 1. The number of amides is 1. The summed E-state index contributed by atoms with van der Waals surface area (Å²) in [7, 11) is 0. The molecule has 0 unspecified atom stereocenters. The summed E-state index contributed by atoms with van der Waals surface area (Å²) in [6, 6.07) is 4.74. The van der Waals surface area contributed by atoms with E-state index in [0.29, 0.717) is 6.54 Å². The van der Waals surface area contributed by atoms with E-state index in [-0.39, 0.29) is 17.1 Å². The second-order valence-corrected chi connectivity index (χ2v) is 8.45. The first-order valence-electron chi connectivity index (χ1n) is 8.64. The van der Waals surface area contributed by atoms with Crippen molar-refractivity contribution in [2.75, 3.05) is 44.2 Å². The lowest BCUT2D eigenvalue weighted by atomic mass is 9.96. The van der Waals surface area contributed by atoms with E-state index >= 15 is 0 Å². The first-order chi connectivity index (χ1) is 11.8. The summed E-state index contributed by atoms with van der Waals surface area (Å²) in [5.74, 6) is -0.127. The van der Waals surface area contributed by atoms with Crippen molar-refractivity contribution in [3.63, 3.8) is 0 Å². The Morgan fingerprint density at radius 3 is 2.68 bits per heavy atom. The van der Waals surface area contributed by atoms with Gasteiger partial charge in [0.1, 0.15) is 5.82 Å². The molecule has 1 aromatic heterocycles. The molecule has 1 amide bonds. The molecule has 0 saturated carbocycles. The number of piperazine rings is 1. The smallest absolute Gasteiger partial charge is 0.225 e. The molecule has 5 nitrogen and oxygen atoms in total. The Hall–Kier alpha value is -1.73. The molecular formula is C18H25FN4OS. The fraction of sp³-hybridized carbons (Fsp3) is 0.556. The SMILES string of the molecule is CC(C)(C)C(=O)NCCN1CCN(c2nc3ccc(F)cc3s2)CC1. The van der Waals surface area contributed by atoms with Gasteiger partial charge in [-0.25, -0.2) is 9.37 Å². The highest BCUT2D eigenvalue weighted by Crippen LogP contribution is 2.29. The number of nitrogens with one attached hydrogen (secondary N) is 1. The van der Waals surface area contributed by atoms with E-state index in [1.54, 1.807) is 23.5 Å². The van der Waals surface area contributed by atoms with Crippen molar-refractivity contribution < 1.29 is 9.18 Å². The van der Waals surface area contributed by atoms with Gasteiger partial charge in [0, 0.05) is 44.7 Å². The molecule has 1 aromatic carbocycles. The summed E-state index contributed by atoms with van der Waals surface area (Å²) >= 11 is 1.54. The predicted octanol–water partition coefficient (Wildman–Crippen LogP) is 2.72. The minimum atomic E-state index is -0.342. The number of hydrogen-bond donors (Lipinski definition) is 1. The summed E-state index contributed by atoms with van der Waals surface area (Å²) in [6.45, 7) is 11.0. The number of thiazole rings is 1. The van der Waals surface area contributed by atoms with Crippen LogP contribution in [-0.4, -0.2) is 55.1 Å². The summed E-state index contributed by atoms with van der Waals surface area (Å²) < 4.78 is 14.2. The van der Waals surface area contributed by atoms with Gasteiger partial charge in [-0.3, -0.25) is 9.69 Å². The highest BCUT2D eigenvalue weighted by atomic mass is 32.1. The topological polar surface area (TPSA) is 48.5 Å². The average Bonchev–Trinajstić information content (AvgIpc) is 2.97.